The van der Waals surface area contributed by atoms with E-state index in [2.05, 4.69) is 20.3 Å². The number of hydrogen-bond acceptors (Lipinski definition) is 5. The van der Waals surface area contributed by atoms with Gasteiger partial charge in [0.1, 0.15) is 0 Å². The fourth-order valence-corrected chi connectivity index (χ4v) is 3.98. The van der Waals surface area contributed by atoms with Crippen LogP contribution in [0.3, 0.4) is 0 Å². The van der Waals surface area contributed by atoms with E-state index in [0.717, 1.165) is 36.3 Å². The van der Waals surface area contributed by atoms with Crippen LogP contribution in [0.5, 0.6) is 0 Å². The molecule has 1 aromatic carbocycles. The van der Waals surface area contributed by atoms with Gasteiger partial charge in [-0.3, -0.25) is 19.4 Å². The van der Waals surface area contributed by atoms with E-state index in [1.54, 1.807) is 17.1 Å². The highest BCUT2D eigenvalue weighted by atomic mass is 16.3. The van der Waals surface area contributed by atoms with Crippen molar-refractivity contribution in [2.24, 2.45) is 0 Å². The van der Waals surface area contributed by atoms with Crippen molar-refractivity contribution in [1.29, 1.82) is 0 Å². The third-order valence-corrected chi connectivity index (χ3v) is 5.54. The van der Waals surface area contributed by atoms with Crippen LogP contribution < -0.4 is 5.32 Å². The molecule has 1 amide bonds. The maximum Gasteiger partial charge on any atom is 0.272 e. The quantitative estimate of drug-likeness (QED) is 0.630. The summed E-state index contributed by atoms with van der Waals surface area (Å²) in [6.45, 7) is 4.71. The van der Waals surface area contributed by atoms with Crippen molar-refractivity contribution < 1.29 is 9.90 Å². The molecule has 4 rings (SSSR count). The van der Waals surface area contributed by atoms with Gasteiger partial charge in [0.15, 0.2) is 5.69 Å². The molecule has 1 aliphatic heterocycles. The number of nitrogens with one attached hydrogen (secondary N) is 1. The van der Waals surface area contributed by atoms with Crippen molar-refractivity contribution in [1.82, 2.24) is 25.0 Å². The molecular formula is C23H27N5O2. The summed E-state index contributed by atoms with van der Waals surface area (Å²) in [6.07, 6.45) is 4.40. The molecule has 0 bridgehead atoms. The molecule has 0 spiro atoms. The van der Waals surface area contributed by atoms with Gasteiger partial charge in [0.2, 0.25) is 0 Å². The fourth-order valence-electron chi connectivity index (χ4n) is 3.98. The second-order valence-corrected chi connectivity index (χ2v) is 7.64. The topological polar surface area (TPSA) is 83.3 Å². The van der Waals surface area contributed by atoms with Gasteiger partial charge in [-0.25, -0.2) is 0 Å². The maximum atomic E-state index is 13.1. The molecule has 3 aromatic rings. The first-order valence-electron chi connectivity index (χ1n) is 10.3. The number of nitrogens with zero attached hydrogens (tertiary/aromatic N) is 4. The average Bonchev–Trinajstić information content (AvgIpc) is 3.13. The monoisotopic (exact) mass is 405 g/mol. The molecule has 1 atom stereocenters. The predicted molar refractivity (Wildman–Crippen MR) is 114 cm³/mol. The number of fused-ring (bicyclic) bond motifs is 1. The van der Waals surface area contributed by atoms with Crippen molar-refractivity contribution in [3.8, 4) is 0 Å². The lowest BCUT2D eigenvalue weighted by Gasteiger charge is -2.27. The molecule has 156 valence electrons. The number of aliphatic hydroxyl groups excluding tert-OH is 1. The Labute approximate surface area is 176 Å². The molecule has 2 N–H and O–H groups in total. The van der Waals surface area contributed by atoms with E-state index >= 15 is 0 Å². The minimum absolute atomic E-state index is 0.00364. The highest BCUT2D eigenvalue weighted by Gasteiger charge is 2.28. The van der Waals surface area contributed by atoms with Crippen LogP contribution in [0, 0.1) is 0 Å². The van der Waals surface area contributed by atoms with Crippen molar-refractivity contribution >= 4 is 5.91 Å². The zero-order valence-electron chi connectivity index (χ0n) is 17.2. The third-order valence-electron chi connectivity index (χ3n) is 5.54. The largest absolute Gasteiger partial charge is 0.394 e. The first kappa shape index (κ1) is 20.3. The van der Waals surface area contributed by atoms with E-state index in [0.29, 0.717) is 18.8 Å². The summed E-state index contributed by atoms with van der Waals surface area (Å²) < 4.78 is 1.79. The number of carbonyl (C=O) groups excluding carboxylic acids is 1. The van der Waals surface area contributed by atoms with E-state index in [1.165, 1.54) is 5.56 Å². The molecule has 30 heavy (non-hydrogen) atoms. The molecule has 1 aliphatic rings. The number of rotatable bonds is 7. The van der Waals surface area contributed by atoms with Crippen LogP contribution in [-0.4, -0.2) is 43.8 Å². The number of amides is 1. The van der Waals surface area contributed by atoms with E-state index in [9.17, 15) is 9.90 Å². The van der Waals surface area contributed by atoms with Gasteiger partial charge in [-0.15, -0.1) is 0 Å². The van der Waals surface area contributed by atoms with Gasteiger partial charge >= 0.3 is 0 Å². The summed E-state index contributed by atoms with van der Waals surface area (Å²) in [7, 11) is 0. The molecule has 0 saturated carbocycles. The Morgan fingerprint density at radius 1 is 1.20 bits per heavy atom. The SMILES string of the molecule is C[C@H](NC(=O)c1nn(CCO)c2c1CN(Cc1ccncc1)CC2)c1ccccc1. The standard InChI is InChI=1S/C23H27N5O2/c1-17(19-5-3-2-4-6-19)25-23(30)22-20-16-27(15-18-7-10-24-11-8-18)12-9-21(20)28(26-22)13-14-29/h2-8,10-11,17,29H,9,12-16H2,1H3,(H,25,30)/t17-/m0/s1. The van der Waals surface area contributed by atoms with Crippen LogP contribution in [0.4, 0.5) is 0 Å². The first-order valence-corrected chi connectivity index (χ1v) is 10.3. The third kappa shape index (κ3) is 4.42. The molecule has 2 aromatic heterocycles. The van der Waals surface area contributed by atoms with Crippen LogP contribution in [-0.2, 0) is 26.1 Å². The number of pyridine rings is 1. The molecule has 7 heteroatoms. The van der Waals surface area contributed by atoms with E-state index < -0.39 is 0 Å². The Morgan fingerprint density at radius 3 is 2.70 bits per heavy atom. The van der Waals surface area contributed by atoms with Crippen molar-refractivity contribution in [3.05, 3.63) is 82.9 Å². The zero-order valence-corrected chi connectivity index (χ0v) is 17.2. The van der Waals surface area contributed by atoms with Crippen LogP contribution in [0.25, 0.3) is 0 Å². The Morgan fingerprint density at radius 2 is 1.97 bits per heavy atom. The molecule has 0 aliphatic carbocycles. The number of benzene rings is 1. The van der Waals surface area contributed by atoms with Crippen molar-refractivity contribution in [3.63, 3.8) is 0 Å². The predicted octanol–water partition coefficient (Wildman–Crippen LogP) is 2.32. The summed E-state index contributed by atoms with van der Waals surface area (Å²) >= 11 is 0. The summed E-state index contributed by atoms with van der Waals surface area (Å²) in [6, 6.07) is 13.8. The summed E-state index contributed by atoms with van der Waals surface area (Å²) in [5, 5.41) is 17.1. The lowest BCUT2D eigenvalue weighted by Crippen LogP contribution is -2.33. The molecule has 0 fully saturated rings. The highest BCUT2D eigenvalue weighted by Crippen LogP contribution is 2.25. The molecule has 0 unspecified atom stereocenters. The Hall–Kier alpha value is -3.03. The van der Waals surface area contributed by atoms with Gasteiger partial charge in [0, 0.05) is 49.7 Å². The second-order valence-electron chi connectivity index (χ2n) is 7.64. The van der Waals surface area contributed by atoms with Crippen LogP contribution in [0.1, 0.15) is 45.8 Å². The van der Waals surface area contributed by atoms with Gasteiger partial charge in [-0.1, -0.05) is 30.3 Å². The summed E-state index contributed by atoms with van der Waals surface area (Å²) in [5.74, 6) is -0.176. The number of hydrogen-bond donors (Lipinski definition) is 2. The Bertz CT molecular complexity index is 988. The zero-order chi connectivity index (χ0) is 20.9. The lowest BCUT2D eigenvalue weighted by atomic mass is 10.0. The molecule has 0 saturated heterocycles. The second kappa shape index (κ2) is 9.19. The van der Waals surface area contributed by atoms with Crippen LogP contribution >= 0.6 is 0 Å². The van der Waals surface area contributed by atoms with E-state index in [1.807, 2.05) is 49.4 Å². The first-order chi connectivity index (χ1) is 14.7. The maximum absolute atomic E-state index is 13.1. The number of aromatic nitrogens is 3. The fraction of sp³-hybridized carbons (Fsp3) is 0.348. The normalized spacial score (nSPS) is 14.9. The van der Waals surface area contributed by atoms with Gasteiger partial charge < -0.3 is 10.4 Å². The van der Waals surface area contributed by atoms with Gasteiger partial charge in [0.25, 0.3) is 5.91 Å². The van der Waals surface area contributed by atoms with Crippen LogP contribution in [0.2, 0.25) is 0 Å². The van der Waals surface area contributed by atoms with Gasteiger partial charge in [-0.05, 0) is 30.2 Å². The van der Waals surface area contributed by atoms with E-state index in [4.69, 9.17) is 0 Å². The number of aliphatic hydroxyl groups is 1. The van der Waals surface area contributed by atoms with Crippen molar-refractivity contribution in [2.45, 2.75) is 39.0 Å². The molecule has 0 radical (unpaired) electrons. The van der Waals surface area contributed by atoms with Crippen LogP contribution in [0.15, 0.2) is 54.9 Å². The average molecular weight is 406 g/mol. The van der Waals surface area contributed by atoms with Gasteiger partial charge in [-0.2, -0.15) is 5.10 Å². The minimum atomic E-state index is -0.176. The molecular weight excluding hydrogens is 378 g/mol. The highest BCUT2D eigenvalue weighted by molar-refractivity contribution is 5.94. The minimum Gasteiger partial charge on any atom is -0.394 e. The lowest BCUT2D eigenvalue weighted by molar-refractivity contribution is 0.0931. The Kier molecular flexibility index (Phi) is 6.21. The van der Waals surface area contributed by atoms with E-state index in [-0.39, 0.29) is 18.6 Å². The number of carbonyl (C=O) groups is 1. The molecule has 7 nitrogen and oxygen atoms in total. The van der Waals surface area contributed by atoms with Crippen molar-refractivity contribution in [2.75, 3.05) is 13.2 Å². The van der Waals surface area contributed by atoms with Gasteiger partial charge in [0.05, 0.1) is 19.2 Å². The smallest absolute Gasteiger partial charge is 0.272 e. The summed E-state index contributed by atoms with van der Waals surface area (Å²) in [5.41, 5.74) is 4.71. The molecule has 3 heterocycles. The Balaban J connectivity index is 1.55. The summed E-state index contributed by atoms with van der Waals surface area (Å²) in [4.78, 5) is 19.5.